The lowest BCUT2D eigenvalue weighted by molar-refractivity contribution is -0.905. The van der Waals surface area contributed by atoms with Crippen LogP contribution < -0.4 is 4.73 Å². The van der Waals surface area contributed by atoms with E-state index >= 15 is 0 Å². The number of nitrogens with zero attached hydrogens (tertiary/aromatic N) is 3. The van der Waals surface area contributed by atoms with Crippen LogP contribution in [0.15, 0.2) is 57.9 Å². The van der Waals surface area contributed by atoms with E-state index in [1.807, 2.05) is 17.2 Å². The number of carbonyl (C=O) groups is 1. The fourth-order valence-electron chi connectivity index (χ4n) is 5.60. The third-order valence-electron chi connectivity index (χ3n) is 7.16. The molecule has 1 N–H and O–H groups in total. The molecule has 0 saturated carbocycles. The Morgan fingerprint density at radius 3 is 2.71 bits per heavy atom. The molecular formula is C27H28Br2N3O2+. The van der Waals surface area contributed by atoms with Gasteiger partial charge in [-0.1, -0.05) is 22.0 Å². The van der Waals surface area contributed by atoms with Gasteiger partial charge in [0, 0.05) is 50.5 Å². The van der Waals surface area contributed by atoms with Crippen LogP contribution in [-0.4, -0.2) is 34.1 Å². The summed E-state index contributed by atoms with van der Waals surface area (Å²) in [6.45, 7) is 3.65. The summed E-state index contributed by atoms with van der Waals surface area (Å²) < 4.78 is 3.20. The maximum Gasteiger partial charge on any atom is 0.227 e. The second kappa shape index (κ2) is 9.78. The summed E-state index contributed by atoms with van der Waals surface area (Å²) in [5.74, 6) is 0.754. The van der Waals surface area contributed by atoms with Crippen LogP contribution in [0.1, 0.15) is 52.3 Å². The van der Waals surface area contributed by atoms with Crippen LogP contribution >= 0.6 is 31.9 Å². The molecule has 0 radical (unpaired) electrons. The summed E-state index contributed by atoms with van der Waals surface area (Å²) >= 11 is 7.51. The number of amides is 1. The average molecular weight is 586 g/mol. The van der Waals surface area contributed by atoms with Gasteiger partial charge in [0.2, 0.25) is 18.3 Å². The second-order valence-corrected chi connectivity index (χ2v) is 11.3. The summed E-state index contributed by atoms with van der Waals surface area (Å²) in [5.41, 5.74) is 7.38. The zero-order valence-corrected chi connectivity index (χ0v) is 22.3. The minimum atomic E-state index is 0.116. The van der Waals surface area contributed by atoms with Crippen molar-refractivity contribution in [2.75, 3.05) is 13.1 Å². The van der Waals surface area contributed by atoms with Crippen molar-refractivity contribution in [1.82, 2.24) is 9.88 Å². The molecule has 5 nitrogen and oxygen atoms in total. The fraction of sp³-hybridized carbons (Fsp3) is 0.370. The lowest BCUT2D eigenvalue weighted by atomic mass is 9.76. The minimum Gasteiger partial charge on any atom is -0.342 e. The number of rotatable bonds is 3. The zero-order valence-electron chi connectivity index (χ0n) is 19.2. The highest BCUT2D eigenvalue weighted by Gasteiger charge is 2.36. The first-order valence-corrected chi connectivity index (χ1v) is 13.4. The van der Waals surface area contributed by atoms with E-state index < -0.39 is 0 Å². The molecule has 0 spiro atoms. The van der Waals surface area contributed by atoms with Crippen molar-refractivity contribution in [3.8, 4) is 0 Å². The average Bonchev–Trinajstić information content (AvgIpc) is 2.96. The first kappa shape index (κ1) is 23.5. The topological polar surface area (TPSA) is 57.3 Å². The van der Waals surface area contributed by atoms with Crippen LogP contribution in [0.3, 0.4) is 0 Å². The third kappa shape index (κ3) is 4.78. The molecule has 1 unspecified atom stereocenters. The van der Waals surface area contributed by atoms with Gasteiger partial charge in [0.1, 0.15) is 0 Å². The smallest absolute Gasteiger partial charge is 0.227 e. The molecule has 1 saturated heterocycles. The number of likely N-dealkylation sites (tertiary alicyclic amines) is 1. The maximum atomic E-state index is 13.0. The molecule has 7 heteroatoms. The molecule has 2 aromatic heterocycles. The maximum absolute atomic E-state index is 13.0. The van der Waals surface area contributed by atoms with E-state index in [0.717, 1.165) is 53.5 Å². The van der Waals surface area contributed by atoms with Crippen molar-refractivity contribution >= 4 is 37.8 Å². The van der Waals surface area contributed by atoms with E-state index in [0.29, 0.717) is 12.3 Å². The van der Waals surface area contributed by atoms with E-state index in [1.165, 1.54) is 32.4 Å². The number of halogens is 2. The molecule has 1 atom stereocenters. The Balaban J connectivity index is 1.40. The highest BCUT2D eigenvalue weighted by atomic mass is 79.9. The number of fused-ring (bicyclic) bond motifs is 2. The molecule has 0 bridgehead atoms. The Hall–Kier alpha value is -2.25. The number of hydrogen-bond donors (Lipinski definition) is 1. The van der Waals surface area contributed by atoms with Gasteiger partial charge in [-0.05, 0) is 94.9 Å². The first-order chi connectivity index (χ1) is 16.4. The van der Waals surface area contributed by atoms with Gasteiger partial charge in [-0.3, -0.25) is 15.0 Å². The van der Waals surface area contributed by atoms with E-state index in [-0.39, 0.29) is 11.8 Å². The van der Waals surface area contributed by atoms with Gasteiger partial charge >= 0.3 is 0 Å². The van der Waals surface area contributed by atoms with E-state index in [1.54, 1.807) is 18.5 Å². The van der Waals surface area contributed by atoms with Gasteiger partial charge in [-0.2, -0.15) is 0 Å². The molecule has 176 valence electrons. The molecule has 1 aromatic carbocycles. The molecule has 3 heterocycles. The lowest BCUT2D eigenvalue weighted by Gasteiger charge is -2.37. The molecule has 5 rings (SSSR count). The van der Waals surface area contributed by atoms with Crippen molar-refractivity contribution in [2.24, 2.45) is 5.92 Å². The van der Waals surface area contributed by atoms with E-state index in [9.17, 15) is 10.0 Å². The Labute approximate surface area is 217 Å². The lowest BCUT2D eigenvalue weighted by Crippen LogP contribution is -2.41. The quantitative estimate of drug-likeness (QED) is 0.341. The fourth-order valence-corrected chi connectivity index (χ4v) is 6.84. The Morgan fingerprint density at radius 1 is 1.18 bits per heavy atom. The summed E-state index contributed by atoms with van der Waals surface area (Å²) in [4.78, 5) is 19.9. The van der Waals surface area contributed by atoms with Crippen molar-refractivity contribution in [3.63, 3.8) is 0 Å². The molecule has 34 heavy (non-hydrogen) atoms. The van der Waals surface area contributed by atoms with Gasteiger partial charge in [0.15, 0.2) is 0 Å². The summed E-state index contributed by atoms with van der Waals surface area (Å²) in [6.07, 6.45) is 9.26. The second-order valence-electron chi connectivity index (χ2n) is 9.48. The highest BCUT2D eigenvalue weighted by Crippen LogP contribution is 2.45. The highest BCUT2D eigenvalue weighted by molar-refractivity contribution is 9.10. The van der Waals surface area contributed by atoms with Crippen molar-refractivity contribution in [1.29, 1.82) is 0 Å². The van der Waals surface area contributed by atoms with Crippen LogP contribution in [0.4, 0.5) is 0 Å². The Kier molecular flexibility index (Phi) is 6.76. The monoisotopic (exact) mass is 584 g/mol. The van der Waals surface area contributed by atoms with Gasteiger partial charge in [-0.25, -0.2) is 0 Å². The van der Waals surface area contributed by atoms with Gasteiger partial charge in [0.25, 0.3) is 0 Å². The third-order valence-corrected chi connectivity index (χ3v) is 8.25. The van der Waals surface area contributed by atoms with Crippen LogP contribution in [0.5, 0.6) is 0 Å². The van der Waals surface area contributed by atoms with Crippen molar-refractivity contribution < 1.29 is 14.7 Å². The molecule has 1 fully saturated rings. The first-order valence-electron chi connectivity index (χ1n) is 11.8. The summed E-state index contributed by atoms with van der Waals surface area (Å²) in [6, 6.07) is 10.4. The van der Waals surface area contributed by atoms with Crippen molar-refractivity contribution in [2.45, 2.75) is 44.9 Å². The van der Waals surface area contributed by atoms with Gasteiger partial charge in [0.05, 0.1) is 12.1 Å². The standard InChI is InChI=1S/C27H28Br2N3O2/c1-17-11-20-4-5-21-14-22(28)15-30-27(21)26(25(20)23(29)12-17)19-6-9-31(10-7-19)24(33)13-18-3-2-8-32(34)16-18/h2-3,8,11-12,14-16,19,26,34H,4-7,9-10,13H2,1H3/q+1. The number of aromatic nitrogens is 2. The van der Waals surface area contributed by atoms with Gasteiger partial charge < -0.3 is 4.90 Å². The number of hydrogen-bond acceptors (Lipinski definition) is 3. The van der Waals surface area contributed by atoms with Gasteiger partial charge in [-0.15, -0.1) is 0 Å². The summed E-state index contributed by atoms with van der Waals surface area (Å²) in [5, 5.41) is 9.63. The molecular weight excluding hydrogens is 558 g/mol. The largest absolute Gasteiger partial charge is 0.342 e. The molecule has 1 aliphatic heterocycles. The van der Waals surface area contributed by atoms with Crippen LogP contribution in [0, 0.1) is 12.8 Å². The summed E-state index contributed by atoms with van der Waals surface area (Å²) in [7, 11) is 0. The number of pyridine rings is 2. The number of aryl methyl sites for hydroxylation is 3. The number of piperidine rings is 1. The minimum absolute atomic E-state index is 0.116. The van der Waals surface area contributed by atoms with Crippen LogP contribution in [-0.2, 0) is 24.1 Å². The Bertz CT molecular complexity index is 1240. The number of carbonyl (C=O) groups excluding carboxylic acids is 1. The molecule has 1 amide bonds. The Morgan fingerprint density at radius 2 is 1.94 bits per heavy atom. The van der Waals surface area contributed by atoms with E-state index in [2.05, 4.69) is 57.0 Å². The zero-order chi connectivity index (χ0) is 23.8. The normalized spacial score (nSPS) is 18.2. The molecule has 3 aromatic rings. The number of benzene rings is 1. The SMILES string of the molecule is Cc1cc(Br)c2c(c1)CCc1cc(Br)cnc1C2C1CCN(C(=O)Cc2ccc[n+](O)c2)CC1. The predicted octanol–water partition coefficient (Wildman–Crippen LogP) is 5.15. The molecule has 1 aliphatic carbocycles. The van der Waals surface area contributed by atoms with E-state index in [4.69, 9.17) is 4.98 Å². The predicted molar refractivity (Wildman–Crippen MR) is 137 cm³/mol. The van der Waals surface area contributed by atoms with Crippen molar-refractivity contribution in [3.05, 3.63) is 91.4 Å². The van der Waals surface area contributed by atoms with Crippen LogP contribution in [0.25, 0.3) is 0 Å². The van der Waals surface area contributed by atoms with Crippen LogP contribution in [0.2, 0.25) is 0 Å². The molecule has 2 aliphatic rings.